The van der Waals surface area contributed by atoms with Gasteiger partial charge in [0.2, 0.25) is 11.8 Å². The number of carbonyl (C=O) groups excluding carboxylic acids is 1. The van der Waals surface area contributed by atoms with Gasteiger partial charge in [0.25, 0.3) is 5.89 Å². The summed E-state index contributed by atoms with van der Waals surface area (Å²) in [5.74, 6) is 1.25. The number of aromatic nitrogens is 2. The van der Waals surface area contributed by atoms with Gasteiger partial charge in [0.15, 0.2) is 5.76 Å². The largest absolute Gasteiger partial charge is 0.459 e. The zero-order valence-electron chi connectivity index (χ0n) is 15.3. The number of thioether (sulfide) groups is 1. The van der Waals surface area contributed by atoms with E-state index in [0.29, 0.717) is 24.1 Å². The smallest absolute Gasteiger partial charge is 0.283 e. The van der Waals surface area contributed by atoms with E-state index in [1.165, 1.54) is 0 Å². The molecule has 0 aliphatic rings. The number of amides is 1. The van der Waals surface area contributed by atoms with Gasteiger partial charge in [-0.2, -0.15) is 0 Å². The summed E-state index contributed by atoms with van der Waals surface area (Å²) in [6, 6.07) is 11.3. The summed E-state index contributed by atoms with van der Waals surface area (Å²) in [5, 5.41) is 11.0. The quantitative estimate of drug-likeness (QED) is 0.558. The van der Waals surface area contributed by atoms with Gasteiger partial charge >= 0.3 is 0 Å². The number of nitrogens with zero attached hydrogens (tertiary/aromatic N) is 3. The number of nitrogens with one attached hydrogen (secondary N) is 1. The fourth-order valence-electron chi connectivity index (χ4n) is 2.68. The summed E-state index contributed by atoms with van der Waals surface area (Å²) in [7, 11) is 0. The molecule has 0 spiro atoms. The number of furan rings is 1. The van der Waals surface area contributed by atoms with E-state index in [1.807, 2.05) is 35.4 Å². The molecule has 0 atom stereocenters. The SMILES string of the molecule is CCCN(CC(=O)Nc1ccccc1SC)Cc1nnc(-c2ccco2)o1. The number of hydrogen-bond donors (Lipinski definition) is 1. The molecule has 0 aliphatic carbocycles. The Morgan fingerprint density at radius 1 is 1.22 bits per heavy atom. The van der Waals surface area contributed by atoms with Crippen molar-refractivity contribution in [3.05, 3.63) is 48.6 Å². The molecule has 0 aliphatic heterocycles. The molecular formula is C19H22N4O3S. The molecule has 0 saturated heterocycles. The van der Waals surface area contributed by atoms with E-state index in [1.54, 1.807) is 30.2 Å². The number of para-hydroxylation sites is 1. The van der Waals surface area contributed by atoms with Crippen LogP contribution in [0.4, 0.5) is 5.69 Å². The highest BCUT2D eigenvalue weighted by Crippen LogP contribution is 2.24. The Kier molecular flexibility index (Phi) is 6.67. The molecule has 0 radical (unpaired) electrons. The summed E-state index contributed by atoms with van der Waals surface area (Å²) in [6.07, 6.45) is 4.45. The minimum Gasteiger partial charge on any atom is -0.459 e. The van der Waals surface area contributed by atoms with Crippen LogP contribution >= 0.6 is 11.8 Å². The van der Waals surface area contributed by atoms with E-state index in [0.717, 1.165) is 23.5 Å². The third-order valence-electron chi connectivity index (χ3n) is 3.85. The maximum atomic E-state index is 12.5. The average molecular weight is 386 g/mol. The third-order valence-corrected chi connectivity index (χ3v) is 4.64. The molecule has 2 heterocycles. The summed E-state index contributed by atoms with van der Waals surface area (Å²) in [5.41, 5.74) is 0.823. The number of benzene rings is 1. The van der Waals surface area contributed by atoms with Gasteiger partial charge in [-0.3, -0.25) is 9.69 Å². The summed E-state index contributed by atoms with van der Waals surface area (Å²) in [4.78, 5) is 15.5. The van der Waals surface area contributed by atoms with Crippen molar-refractivity contribution in [2.24, 2.45) is 0 Å². The fourth-order valence-corrected chi connectivity index (χ4v) is 3.23. The molecule has 142 valence electrons. The van der Waals surface area contributed by atoms with E-state index in [2.05, 4.69) is 22.4 Å². The van der Waals surface area contributed by atoms with E-state index in [4.69, 9.17) is 8.83 Å². The normalized spacial score (nSPS) is 11.1. The van der Waals surface area contributed by atoms with Crippen LogP contribution < -0.4 is 5.32 Å². The molecule has 0 fully saturated rings. The Hall–Kier alpha value is -2.58. The molecular weight excluding hydrogens is 364 g/mol. The van der Waals surface area contributed by atoms with Gasteiger partial charge in [-0.15, -0.1) is 22.0 Å². The van der Waals surface area contributed by atoms with Crippen molar-refractivity contribution in [1.29, 1.82) is 0 Å². The molecule has 3 rings (SSSR count). The highest BCUT2D eigenvalue weighted by atomic mass is 32.2. The monoisotopic (exact) mass is 386 g/mol. The van der Waals surface area contributed by atoms with Crippen molar-refractivity contribution in [3.8, 4) is 11.7 Å². The molecule has 0 saturated carbocycles. The van der Waals surface area contributed by atoms with Crippen LogP contribution in [-0.2, 0) is 11.3 Å². The average Bonchev–Trinajstić information content (AvgIpc) is 3.34. The van der Waals surface area contributed by atoms with E-state index in [-0.39, 0.29) is 12.5 Å². The first kappa shape index (κ1) is 19.2. The Balaban J connectivity index is 1.62. The van der Waals surface area contributed by atoms with Gasteiger partial charge in [-0.25, -0.2) is 0 Å². The maximum absolute atomic E-state index is 12.5. The Morgan fingerprint density at radius 2 is 2.07 bits per heavy atom. The number of hydrogen-bond acceptors (Lipinski definition) is 7. The molecule has 3 aromatic rings. The molecule has 7 nitrogen and oxygen atoms in total. The zero-order valence-corrected chi connectivity index (χ0v) is 16.2. The van der Waals surface area contributed by atoms with Crippen LogP contribution in [0.3, 0.4) is 0 Å². The van der Waals surface area contributed by atoms with Crippen LogP contribution in [0.15, 0.2) is 56.4 Å². The first-order valence-corrected chi connectivity index (χ1v) is 9.93. The number of rotatable bonds is 9. The molecule has 2 aromatic heterocycles. The number of carbonyl (C=O) groups is 1. The minimum absolute atomic E-state index is 0.0734. The third kappa shape index (κ3) is 5.21. The molecule has 0 bridgehead atoms. The van der Waals surface area contributed by atoms with E-state index in [9.17, 15) is 4.79 Å². The second-order valence-electron chi connectivity index (χ2n) is 5.94. The Labute approximate surface area is 162 Å². The number of anilines is 1. The maximum Gasteiger partial charge on any atom is 0.283 e. The van der Waals surface area contributed by atoms with Gasteiger partial charge in [0.05, 0.1) is 25.0 Å². The lowest BCUT2D eigenvalue weighted by Crippen LogP contribution is -2.33. The van der Waals surface area contributed by atoms with Gasteiger partial charge < -0.3 is 14.2 Å². The van der Waals surface area contributed by atoms with Crippen molar-refractivity contribution in [3.63, 3.8) is 0 Å². The standard InChI is InChI=1S/C19H22N4O3S/c1-3-10-23(12-17(24)20-14-7-4-5-9-16(14)27-2)13-18-21-22-19(26-18)15-8-6-11-25-15/h4-9,11H,3,10,12-13H2,1-2H3,(H,20,24). The van der Waals surface area contributed by atoms with Gasteiger partial charge in [-0.05, 0) is 43.5 Å². The van der Waals surface area contributed by atoms with E-state index < -0.39 is 0 Å². The zero-order chi connectivity index (χ0) is 19.1. The molecule has 27 heavy (non-hydrogen) atoms. The van der Waals surface area contributed by atoms with Gasteiger partial charge in [0.1, 0.15) is 0 Å². The predicted molar refractivity (Wildman–Crippen MR) is 104 cm³/mol. The Bertz CT molecular complexity index is 863. The lowest BCUT2D eigenvalue weighted by atomic mass is 10.3. The van der Waals surface area contributed by atoms with Crippen molar-refractivity contribution in [1.82, 2.24) is 15.1 Å². The molecule has 0 unspecified atom stereocenters. The summed E-state index contributed by atoms with van der Waals surface area (Å²) < 4.78 is 10.9. The van der Waals surface area contributed by atoms with Gasteiger partial charge in [0, 0.05) is 4.90 Å². The first-order valence-electron chi connectivity index (χ1n) is 8.71. The lowest BCUT2D eigenvalue weighted by molar-refractivity contribution is -0.117. The van der Waals surface area contributed by atoms with Crippen molar-refractivity contribution < 1.29 is 13.6 Å². The van der Waals surface area contributed by atoms with Crippen LogP contribution in [0.2, 0.25) is 0 Å². The van der Waals surface area contributed by atoms with Crippen LogP contribution in [0, 0.1) is 0 Å². The van der Waals surface area contributed by atoms with Crippen molar-refractivity contribution >= 4 is 23.4 Å². The highest BCUT2D eigenvalue weighted by molar-refractivity contribution is 7.98. The van der Waals surface area contributed by atoms with Crippen LogP contribution in [0.1, 0.15) is 19.2 Å². The van der Waals surface area contributed by atoms with Crippen LogP contribution in [0.25, 0.3) is 11.7 Å². The molecule has 1 N–H and O–H groups in total. The summed E-state index contributed by atoms with van der Waals surface area (Å²) in [6.45, 7) is 3.46. The van der Waals surface area contributed by atoms with Crippen LogP contribution in [0.5, 0.6) is 0 Å². The van der Waals surface area contributed by atoms with Crippen LogP contribution in [-0.4, -0.2) is 40.3 Å². The first-order chi connectivity index (χ1) is 13.2. The minimum atomic E-state index is -0.0734. The molecule has 1 amide bonds. The summed E-state index contributed by atoms with van der Waals surface area (Å²) >= 11 is 1.60. The fraction of sp³-hybridized carbons (Fsp3) is 0.316. The van der Waals surface area contributed by atoms with Gasteiger partial charge in [-0.1, -0.05) is 19.1 Å². The lowest BCUT2D eigenvalue weighted by Gasteiger charge is -2.19. The van der Waals surface area contributed by atoms with Crippen molar-refractivity contribution in [2.45, 2.75) is 24.8 Å². The topological polar surface area (TPSA) is 84.4 Å². The van der Waals surface area contributed by atoms with E-state index >= 15 is 0 Å². The Morgan fingerprint density at radius 3 is 2.81 bits per heavy atom. The second kappa shape index (κ2) is 9.38. The van der Waals surface area contributed by atoms with Crippen molar-refractivity contribution in [2.75, 3.05) is 24.7 Å². The predicted octanol–water partition coefficient (Wildman–Crippen LogP) is 3.90. The second-order valence-corrected chi connectivity index (χ2v) is 6.79. The highest BCUT2D eigenvalue weighted by Gasteiger charge is 2.17. The molecule has 8 heteroatoms. The molecule has 1 aromatic carbocycles.